The maximum absolute atomic E-state index is 5.92. The lowest BCUT2D eigenvalue weighted by atomic mass is 10.0. The second kappa shape index (κ2) is 6.44. The van der Waals surface area contributed by atoms with Crippen molar-refractivity contribution < 1.29 is 4.74 Å². The number of nitrogens with two attached hydrogens (primary N) is 1. The normalized spacial score (nSPS) is 16.0. The molecule has 1 aromatic rings. The van der Waals surface area contributed by atoms with E-state index in [1.165, 1.54) is 29.5 Å². The molecule has 18 heavy (non-hydrogen) atoms. The fraction of sp³-hybridized carbons (Fsp3) is 0.600. The van der Waals surface area contributed by atoms with E-state index in [0.29, 0.717) is 0 Å². The van der Waals surface area contributed by atoms with Crippen molar-refractivity contribution >= 4 is 12.4 Å². The van der Waals surface area contributed by atoms with Gasteiger partial charge in [0.1, 0.15) is 5.75 Å². The van der Waals surface area contributed by atoms with Crippen LogP contribution in [-0.2, 0) is 6.42 Å². The van der Waals surface area contributed by atoms with Crippen molar-refractivity contribution in [2.45, 2.75) is 46.1 Å². The van der Waals surface area contributed by atoms with E-state index in [-0.39, 0.29) is 18.4 Å². The second-order valence-corrected chi connectivity index (χ2v) is 5.49. The molecular weight excluding hydrogens is 246 g/mol. The molecule has 3 heteroatoms. The fourth-order valence-electron chi connectivity index (χ4n) is 2.24. The van der Waals surface area contributed by atoms with Gasteiger partial charge in [-0.3, -0.25) is 0 Å². The van der Waals surface area contributed by atoms with Crippen LogP contribution in [0.3, 0.4) is 0 Å². The van der Waals surface area contributed by atoms with Gasteiger partial charge >= 0.3 is 0 Å². The van der Waals surface area contributed by atoms with E-state index in [0.717, 1.165) is 24.7 Å². The first-order chi connectivity index (χ1) is 8.06. The lowest BCUT2D eigenvalue weighted by Gasteiger charge is -2.14. The molecule has 0 bridgehead atoms. The molecule has 0 heterocycles. The molecule has 0 spiro atoms. The Morgan fingerprint density at radius 2 is 1.83 bits per heavy atom. The summed E-state index contributed by atoms with van der Waals surface area (Å²) in [5, 5.41) is 0. The minimum Gasteiger partial charge on any atom is -0.493 e. The summed E-state index contributed by atoms with van der Waals surface area (Å²) in [5.41, 5.74) is 9.63. The van der Waals surface area contributed by atoms with Crippen molar-refractivity contribution in [1.29, 1.82) is 0 Å². The molecule has 1 aliphatic carbocycles. The third-order valence-corrected chi connectivity index (χ3v) is 3.24. The first kappa shape index (κ1) is 15.3. The van der Waals surface area contributed by atoms with Gasteiger partial charge in [0.05, 0.1) is 6.61 Å². The van der Waals surface area contributed by atoms with E-state index >= 15 is 0 Å². The lowest BCUT2D eigenvalue weighted by molar-refractivity contribution is 0.296. The average molecular weight is 270 g/mol. The minimum absolute atomic E-state index is 0. The molecule has 2 rings (SSSR count). The predicted molar refractivity (Wildman–Crippen MR) is 78.7 cm³/mol. The van der Waals surface area contributed by atoms with Gasteiger partial charge in [-0.25, -0.2) is 0 Å². The van der Waals surface area contributed by atoms with Gasteiger partial charge in [-0.15, -0.1) is 12.4 Å². The van der Waals surface area contributed by atoms with Crippen molar-refractivity contribution in [2.75, 3.05) is 6.61 Å². The summed E-state index contributed by atoms with van der Waals surface area (Å²) in [6.07, 6.45) is 3.60. The van der Waals surface area contributed by atoms with E-state index < -0.39 is 0 Å². The first-order valence-corrected chi connectivity index (χ1v) is 6.54. The molecule has 0 radical (unpaired) electrons. The van der Waals surface area contributed by atoms with Crippen molar-refractivity contribution in [2.24, 2.45) is 11.7 Å². The molecule has 1 atom stereocenters. The van der Waals surface area contributed by atoms with E-state index in [9.17, 15) is 0 Å². The number of ether oxygens (including phenoxy) is 1. The third kappa shape index (κ3) is 4.18. The fourth-order valence-corrected chi connectivity index (χ4v) is 2.24. The van der Waals surface area contributed by atoms with Gasteiger partial charge in [0.2, 0.25) is 0 Å². The molecule has 1 aromatic carbocycles. The highest BCUT2D eigenvalue weighted by atomic mass is 35.5. The van der Waals surface area contributed by atoms with Crippen LogP contribution < -0.4 is 10.5 Å². The number of rotatable bonds is 5. The summed E-state index contributed by atoms with van der Waals surface area (Å²) in [5.74, 6) is 1.88. The van der Waals surface area contributed by atoms with Crippen molar-refractivity contribution in [1.82, 2.24) is 0 Å². The van der Waals surface area contributed by atoms with Crippen LogP contribution in [0.25, 0.3) is 0 Å². The van der Waals surface area contributed by atoms with Gasteiger partial charge in [0, 0.05) is 6.04 Å². The summed E-state index contributed by atoms with van der Waals surface area (Å²) in [4.78, 5) is 0. The molecule has 102 valence electrons. The Hall–Kier alpha value is -0.730. The lowest BCUT2D eigenvalue weighted by Crippen LogP contribution is -2.18. The molecule has 1 fully saturated rings. The quantitative estimate of drug-likeness (QED) is 0.889. The Balaban J connectivity index is 0.00000162. The molecule has 0 aliphatic heterocycles. The van der Waals surface area contributed by atoms with Crippen LogP contribution in [0.2, 0.25) is 0 Å². The maximum Gasteiger partial charge on any atom is 0.125 e. The first-order valence-electron chi connectivity index (χ1n) is 6.54. The number of hydrogen-bond donors (Lipinski definition) is 1. The van der Waals surface area contributed by atoms with Crippen LogP contribution in [-0.4, -0.2) is 12.6 Å². The van der Waals surface area contributed by atoms with Crippen molar-refractivity contribution in [3.63, 3.8) is 0 Å². The molecule has 2 nitrogen and oxygen atoms in total. The van der Waals surface area contributed by atoms with Gasteiger partial charge in [0.15, 0.2) is 0 Å². The number of halogens is 1. The van der Waals surface area contributed by atoms with E-state index in [1.54, 1.807) is 0 Å². The van der Waals surface area contributed by atoms with Gasteiger partial charge in [-0.05, 0) is 62.6 Å². The zero-order chi connectivity index (χ0) is 12.4. The number of benzene rings is 1. The zero-order valence-electron chi connectivity index (χ0n) is 11.5. The van der Waals surface area contributed by atoms with Gasteiger partial charge < -0.3 is 10.5 Å². The zero-order valence-corrected chi connectivity index (χ0v) is 12.3. The van der Waals surface area contributed by atoms with E-state index in [2.05, 4.69) is 26.0 Å². The molecular formula is C15H24ClNO. The van der Waals surface area contributed by atoms with Crippen LogP contribution in [0.5, 0.6) is 5.75 Å². The summed E-state index contributed by atoms with van der Waals surface area (Å²) >= 11 is 0. The topological polar surface area (TPSA) is 35.2 Å². The molecule has 0 aromatic heterocycles. The Labute approximate surface area is 116 Å². The number of aryl methyl sites for hydroxylation is 2. The molecule has 0 saturated heterocycles. The van der Waals surface area contributed by atoms with E-state index in [4.69, 9.17) is 10.5 Å². The average Bonchev–Trinajstić information content (AvgIpc) is 2.98. The number of hydrogen-bond acceptors (Lipinski definition) is 2. The Morgan fingerprint density at radius 1 is 1.28 bits per heavy atom. The van der Waals surface area contributed by atoms with Crippen LogP contribution in [0, 0.1) is 19.8 Å². The highest BCUT2D eigenvalue weighted by molar-refractivity contribution is 5.85. The largest absolute Gasteiger partial charge is 0.493 e. The molecule has 0 amide bonds. The standard InChI is InChI=1S/C15H23NO.ClH/c1-10-6-14(8-12(3)16)7-11(2)15(10)17-9-13-4-5-13;/h6-7,12-13H,4-5,8-9,16H2,1-3H3;1H. The Morgan fingerprint density at radius 3 is 2.28 bits per heavy atom. The molecule has 1 unspecified atom stereocenters. The summed E-state index contributed by atoms with van der Waals surface area (Å²) in [6.45, 7) is 7.18. The monoisotopic (exact) mass is 269 g/mol. The minimum atomic E-state index is 0. The highest BCUT2D eigenvalue weighted by Crippen LogP contribution is 2.32. The predicted octanol–water partition coefficient (Wildman–Crippen LogP) is 3.40. The van der Waals surface area contributed by atoms with Crippen molar-refractivity contribution in [3.8, 4) is 5.75 Å². The van der Waals surface area contributed by atoms with Crippen molar-refractivity contribution in [3.05, 3.63) is 28.8 Å². The summed E-state index contributed by atoms with van der Waals surface area (Å²) < 4.78 is 5.92. The SMILES string of the molecule is Cc1cc(CC(C)N)cc(C)c1OCC1CC1.Cl. The van der Waals surface area contributed by atoms with Crippen LogP contribution in [0.4, 0.5) is 0 Å². The molecule has 2 N–H and O–H groups in total. The Kier molecular flexibility index (Phi) is 5.48. The van der Waals surface area contributed by atoms with Crippen LogP contribution >= 0.6 is 12.4 Å². The second-order valence-electron chi connectivity index (χ2n) is 5.49. The highest BCUT2D eigenvalue weighted by Gasteiger charge is 2.22. The van der Waals surface area contributed by atoms with E-state index in [1.807, 2.05) is 6.92 Å². The smallest absolute Gasteiger partial charge is 0.125 e. The van der Waals surface area contributed by atoms with Gasteiger partial charge in [-0.1, -0.05) is 12.1 Å². The summed E-state index contributed by atoms with van der Waals surface area (Å²) in [7, 11) is 0. The molecule has 1 aliphatic rings. The molecule has 1 saturated carbocycles. The summed E-state index contributed by atoms with van der Waals surface area (Å²) in [6, 6.07) is 4.63. The van der Waals surface area contributed by atoms with Gasteiger partial charge in [-0.2, -0.15) is 0 Å². The Bertz CT molecular complexity index is 376. The maximum atomic E-state index is 5.92. The van der Waals surface area contributed by atoms with Crippen LogP contribution in [0.1, 0.15) is 36.5 Å². The van der Waals surface area contributed by atoms with Crippen LogP contribution in [0.15, 0.2) is 12.1 Å². The third-order valence-electron chi connectivity index (χ3n) is 3.24. The van der Waals surface area contributed by atoms with Gasteiger partial charge in [0.25, 0.3) is 0 Å².